The molecular formula is C10H20O2. The first kappa shape index (κ1) is 10.0. The largest absolute Gasteiger partial charge is 0.380 e. The number of rotatable bonds is 4. The highest BCUT2D eigenvalue weighted by Gasteiger charge is 2.45. The van der Waals surface area contributed by atoms with Crippen LogP contribution in [0.2, 0.25) is 0 Å². The molecule has 0 aromatic heterocycles. The minimum absolute atomic E-state index is 0.308. The highest BCUT2D eigenvalue weighted by Crippen LogP contribution is 2.39. The van der Waals surface area contributed by atoms with Gasteiger partial charge >= 0.3 is 0 Å². The lowest BCUT2D eigenvalue weighted by Crippen LogP contribution is -2.53. The van der Waals surface area contributed by atoms with E-state index >= 15 is 0 Å². The maximum absolute atomic E-state index is 5.53. The van der Waals surface area contributed by atoms with Crippen molar-refractivity contribution in [2.75, 3.05) is 20.3 Å². The summed E-state index contributed by atoms with van der Waals surface area (Å²) in [5, 5.41) is 0. The normalized spacial score (nSPS) is 23.8. The van der Waals surface area contributed by atoms with E-state index in [0.717, 1.165) is 19.6 Å². The average Bonchev–Trinajstić information content (AvgIpc) is 1.95. The van der Waals surface area contributed by atoms with Gasteiger partial charge in [-0.3, -0.25) is 0 Å². The smallest absolute Gasteiger partial charge is 0.0694 e. The Balaban J connectivity index is 2.61. The zero-order valence-electron chi connectivity index (χ0n) is 8.59. The maximum atomic E-state index is 5.53. The number of methoxy groups -OCH3 is 1. The molecule has 1 unspecified atom stereocenters. The zero-order valence-corrected chi connectivity index (χ0v) is 8.59. The van der Waals surface area contributed by atoms with Crippen molar-refractivity contribution in [1.82, 2.24) is 0 Å². The van der Waals surface area contributed by atoms with Crippen molar-refractivity contribution in [3.05, 3.63) is 0 Å². The van der Waals surface area contributed by atoms with Crippen LogP contribution in [-0.4, -0.2) is 26.4 Å². The molecule has 0 amide bonds. The average molecular weight is 172 g/mol. The summed E-state index contributed by atoms with van der Waals surface area (Å²) >= 11 is 0. The van der Waals surface area contributed by atoms with Gasteiger partial charge in [0.1, 0.15) is 0 Å². The van der Waals surface area contributed by atoms with E-state index in [4.69, 9.17) is 9.47 Å². The van der Waals surface area contributed by atoms with Crippen LogP contribution in [0.3, 0.4) is 0 Å². The summed E-state index contributed by atoms with van der Waals surface area (Å²) in [5.41, 5.74) is 0.308. The monoisotopic (exact) mass is 172 g/mol. The second-order valence-electron chi connectivity index (χ2n) is 4.11. The van der Waals surface area contributed by atoms with Gasteiger partial charge in [-0.15, -0.1) is 0 Å². The standard InChI is InChI=1S/C10H20O2/c1-5-10(6-12-7-10)9(11-4)8(2)3/h8-9H,5-7H2,1-4H3. The van der Waals surface area contributed by atoms with Gasteiger partial charge in [-0.2, -0.15) is 0 Å². The number of ether oxygens (including phenoxy) is 2. The molecular weight excluding hydrogens is 152 g/mol. The van der Waals surface area contributed by atoms with E-state index in [-0.39, 0.29) is 0 Å². The summed E-state index contributed by atoms with van der Waals surface area (Å²) in [6, 6.07) is 0. The molecule has 1 atom stereocenters. The first-order chi connectivity index (χ1) is 5.66. The second-order valence-corrected chi connectivity index (χ2v) is 4.11. The Morgan fingerprint density at radius 1 is 1.42 bits per heavy atom. The number of hydrogen-bond acceptors (Lipinski definition) is 2. The summed E-state index contributed by atoms with van der Waals surface area (Å²) in [7, 11) is 1.81. The van der Waals surface area contributed by atoms with E-state index in [1.165, 1.54) is 0 Å². The van der Waals surface area contributed by atoms with E-state index < -0.39 is 0 Å². The predicted molar refractivity (Wildman–Crippen MR) is 49.2 cm³/mol. The Hall–Kier alpha value is -0.0800. The van der Waals surface area contributed by atoms with Gasteiger partial charge in [0.15, 0.2) is 0 Å². The highest BCUT2D eigenvalue weighted by molar-refractivity contribution is 4.93. The molecule has 0 N–H and O–H groups in total. The van der Waals surface area contributed by atoms with Crippen LogP contribution >= 0.6 is 0 Å². The van der Waals surface area contributed by atoms with Gasteiger partial charge in [-0.05, 0) is 12.3 Å². The summed E-state index contributed by atoms with van der Waals surface area (Å²) < 4.78 is 10.8. The highest BCUT2D eigenvalue weighted by atomic mass is 16.5. The van der Waals surface area contributed by atoms with Crippen LogP contribution in [0.5, 0.6) is 0 Å². The fourth-order valence-electron chi connectivity index (χ4n) is 2.16. The molecule has 1 saturated heterocycles. The summed E-state index contributed by atoms with van der Waals surface area (Å²) in [6.45, 7) is 8.39. The molecule has 1 aliphatic rings. The molecule has 1 aliphatic heterocycles. The Morgan fingerprint density at radius 2 is 2.00 bits per heavy atom. The Labute approximate surface area is 75.2 Å². The predicted octanol–water partition coefficient (Wildman–Crippen LogP) is 2.08. The van der Waals surface area contributed by atoms with Crippen LogP contribution in [0.15, 0.2) is 0 Å². The molecule has 1 rings (SSSR count). The first-order valence-corrected chi connectivity index (χ1v) is 4.77. The third-order valence-corrected chi connectivity index (χ3v) is 2.95. The van der Waals surface area contributed by atoms with Crippen molar-refractivity contribution in [3.8, 4) is 0 Å². The van der Waals surface area contributed by atoms with E-state index in [2.05, 4.69) is 20.8 Å². The quantitative estimate of drug-likeness (QED) is 0.646. The van der Waals surface area contributed by atoms with Crippen molar-refractivity contribution >= 4 is 0 Å². The molecule has 0 aliphatic carbocycles. The van der Waals surface area contributed by atoms with E-state index in [1.54, 1.807) is 7.11 Å². The lowest BCUT2D eigenvalue weighted by atomic mass is 9.73. The Kier molecular flexibility index (Phi) is 3.13. The molecule has 0 aromatic rings. The van der Waals surface area contributed by atoms with Crippen LogP contribution in [0, 0.1) is 11.3 Å². The molecule has 2 nitrogen and oxygen atoms in total. The van der Waals surface area contributed by atoms with Gasteiger partial charge in [-0.1, -0.05) is 20.8 Å². The molecule has 2 heteroatoms. The third-order valence-electron chi connectivity index (χ3n) is 2.95. The lowest BCUT2D eigenvalue weighted by molar-refractivity contribution is -0.193. The molecule has 0 aromatic carbocycles. The molecule has 0 spiro atoms. The van der Waals surface area contributed by atoms with Crippen LogP contribution < -0.4 is 0 Å². The molecule has 72 valence electrons. The van der Waals surface area contributed by atoms with Crippen LogP contribution in [0.1, 0.15) is 27.2 Å². The van der Waals surface area contributed by atoms with Crippen molar-refractivity contribution < 1.29 is 9.47 Å². The van der Waals surface area contributed by atoms with E-state index in [0.29, 0.717) is 17.4 Å². The fraction of sp³-hybridized carbons (Fsp3) is 1.00. The molecule has 12 heavy (non-hydrogen) atoms. The van der Waals surface area contributed by atoms with Gasteiger partial charge in [0.25, 0.3) is 0 Å². The summed E-state index contributed by atoms with van der Waals surface area (Å²) in [6.07, 6.45) is 1.51. The van der Waals surface area contributed by atoms with Crippen LogP contribution in [0.25, 0.3) is 0 Å². The lowest BCUT2D eigenvalue weighted by Gasteiger charge is -2.47. The van der Waals surface area contributed by atoms with Crippen molar-refractivity contribution in [3.63, 3.8) is 0 Å². The van der Waals surface area contributed by atoms with Gasteiger partial charge in [-0.25, -0.2) is 0 Å². The molecule has 0 saturated carbocycles. The summed E-state index contributed by atoms with van der Waals surface area (Å²) in [4.78, 5) is 0. The second kappa shape index (κ2) is 3.75. The Morgan fingerprint density at radius 3 is 2.08 bits per heavy atom. The minimum Gasteiger partial charge on any atom is -0.380 e. The maximum Gasteiger partial charge on any atom is 0.0694 e. The first-order valence-electron chi connectivity index (χ1n) is 4.77. The molecule has 1 fully saturated rings. The van der Waals surface area contributed by atoms with Crippen molar-refractivity contribution in [1.29, 1.82) is 0 Å². The minimum atomic E-state index is 0.308. The van der Waals surface area contributed by atoms with Crippen molar-refractivity contribution in [2.45, 2.75) is 33.3 Å². The van der Waals surface area contributed by atoms with Gasteiger partial charge in [0.05, 0.1) is 19.3 Å². The van der Waals surface area contributed by atoms with Crippen molar-refractivity contribution in [2.24, 2.45) is 11.3 Å². The van der Waals surface area contributed by atoms with Gasteiger partial charge < -0.3 is 9.47 Å². The molecule has 1 heterocycles. The van der Waals surface area contributed by atoms with E-state index in [9.17, 15) is 0 Å². The van der Waals surface area contributed by atoms with Gasteiger partial charge in [0, 0.05) is 12.5 Å². The Bertz CT molecular complexity index is 133. The fourth-order valence-corrected chi connectivity index (χ4v) is 2.16. The van der Waals surface area contributed by atoms with Gasteiger partial charge in [0.2, 0.25) is 0 Å². The van der Waals surface area contributed by atoms with Crippen LogP contribution in [-0.2, 0) is 9.47 Å². The summed E-state index contributed by atoms with van der Waals surface area (Å²) in [5.74, 6) is 0.582. The third kappa shape index (κ3) is 1.50. The number of hydrogen-bond donors (Lipinski definition) is 0. The SMILES string of the molecule is CCC1(C(OC)C(C)C)COC1. The molecule has 0 bridgehead atoms. The van der Waals surface area contributed by atoms with Crippen LogP contribution in [0.4, 0.5) is 0 Å². The van der Waals surface area contributed by atoms with E-state index in [1.807, 2.05) is 0 Å². The zero-order chi connectivity index (χ0) is 9.19. The molecule has 0 radical (unpaired) electrons. The topological polar surface area (TPSA) is 18.5 Å².